The van der Waals surface area contributed by atoms with Crippen molar-refractivity contribution in [2.45, 2.75) is 76.2 Å². The molecular formula is C45H54N2O9. The number of likely N-dealkylation sites (N-methyl/N-ethyl adjacent to an activating group) is 1. The standard InChI is InChI=1S/C45H54N2O9/c1-4-24-53-45-41(47(3)44(51)52-5-2)28-39(46-54-30-31-14-7-6-8-15-31)37-26-33(17-9-11-22-48)36(19-10-12-23-49)42(43(37)45)38-27-35(20-21-40(38)56-45)55-34-18-13-16-32(25-34)29-50/h4,6-8,13-16,18,20-21,25-27,29,33,36,41-43,48-49H,1,5,9-12,17,19,22-24,28,30H2,2-3H3/t33-,36+,41-,42+,43+,45+/m0/s1. The van der Waals surface area contributed by atoms with E-state index in [9.17, 15) is 19.8 Å². The summed E-state index contributed by atoms with van der Waals surface area (Å²) >= 11 is 0. The molecule has 3 aliphatic rings. The molecule has 3 aromatic carbocycles. The zero-order chi connectivity index (χ0) is 39.5. The Kier molecular flexibility index (Phi) is 14.0. The average Bonchev–Trinajstić information content (AvgIpc) is 3.22. The smallest absolute Gasteiger partial charge is 0.409 e. The Balaban J connectivity index is 1.55. The van der Waals surface area contributed by atoms with E-state index in [1.54, 1.807) is 43.1 Å². The van der Waals surface area contributed by atoms with Crippen LogP contribution >= 0.6 is 0 Å². The number of ether oxygens (including phenoxy) is 4. The molecule has 11 heteroatoms. The molecule has 0 saturated heterocycles. The number of oxime groups is 1. The number of allylic oxidation sites excluding steroid dienone is 1. The molecule has 0 unspecified atom stereocenters. The number of hydrogen-bond donors (Lipinski definition) is 2. The number of aliphatic hydroxyl groups is 2. The highest BCUT2D eigenvalue weighted by Gasteiger charge is 2.65. The molecule has 1 heterocycles. The van der Waals surface area contributed by atoms with Crippen molar-refractivity contribution in [1.82, 2.24) is 4.90 Å². The van der Waals surface area contributed by atoms with Crippen molar-refractivity contribution in [3.8, 4) is 17.2 Å². The minimum atomic E-state index is -1.39. The Bertz CT molecular complexity index is 1860. The van der Waals surface area contributed by atoms with Crippen molar-refractivity contribution >= 4 is 18.1 Å². The summed E-state index contributed by atoms with van der Waals surface area (Å²) in [5.41, 5.74) is 4.03. The first kappa shape index (κ1) is 40.7. The second kappa shape index (κ2) is 19.3. The molecule has 0 radical (unpaired) electrons. The van der Waals surface area contributed by atoms with Gasteiger partial charge in [-0.15, -0.1) is 6.58 Å². The second-order valence-corrected chi connectivity index (χ2v) is 14.6. The van der Waals surface area contributed by atoms with Gasteiger partial charge in [-0.05, 0) is 85.9 Å². The molecule has 0 spiro atoms. The maximum atomic E-state index is 13.6. The maximum absolute atomic E-state index is 13.6. The van der Waals surface area contributed by atoms with Crippen LogP contribution in [0.4, 0.5) is 4.79 Å². The van der Waals surface area contributed by atoms with Crippen LogP contribution in [0.15, 0.2) is 102 Å². The molecule has 2 N–H and O–H groups in total. The van der Waals surface area contributed by atoms with Crippen molar-refractivity contribution in [2.75, 3.05) is 33.5 Å². The van der Waals surface area contributed by atoms with Gasteiger partial charge in [-0.2, -0.15) is 0 Å². The first-order valence-corrected chi connectivity index (χ1v) is 19.7. The first-order chi connectivity index (χ1) is 27.4. The zero-order valence-electron chi connectivity index (χ0n) is 32.4. The summed E-state index contributed by atoms with van der Waals surface area (Å²) in [7, 11) is 1.70. The molecule has 56 heavy (non-hydrogen) atoms. The number of benzene rings is 3. The Morgan fingerprint density at radius 3 is 2.50 bits per heavy atom. The van der Waals surface area contributed by atoms with Crippen LogP contribution in [0.5, 0.6) is 17.2 Å². The Hall–Kier alpha value is -4.97. The van der Waals surface area contributed by atoms with Crippen LogP contribution in [-0.2, 0) is 20.9 Å². The predicted molar refractivity (Wildman–Crippen MR) is 213 cm³/mol. The van der Waals surface area contributed by atoms with Gasteiger partial charge in [0.25, 0.3) is 0 Å². The first-order valence-electron chi connectivity index (χ1n) is 19.7. The van der Waals surface area contributed by atoms with Gasteiger partial charge in [0.2, 0.25) is 5.79 Å². The molecule has 6 atom stereocenters. The highest BCUT2D eigenvalue weighted by atomic mass is 16.7. The molecule has 0 aromatic heterocycles. The molecule has 1 fully saturated rings. The molecule has 298 valence electrons. The summed E-state index contributed by atoms with van der Waals surface area (Å²) in [5, 5.41) is 24.5. The van der Waals surface area contributed by atoms with Crippen molar-refractivity contribution in [3.63, 3.8) is 0 Å². The molecular weight excluding hydrogens is 712 g/mol. The van der Waals surface area contributed by atoms with E-state index in [-0.39, 0.29) is 57.2 Å². The average molecular weight is 767 g/mol. The third-order valence-corrected chi connectivity index (χ3v) is 11.1. The lowest BCUT2D eigenvalue weighted by Crippen LogP contribution is -2.69. The van der Waals surface area contributed by atoms with Gasteiger partial charge in [0, 0.05) is 43.7 Å². The van der Waals surface area contributed by atoms with E-state index >= 15 is 0 Å². The van der Waals surface area contributed by atoms with Gasteiger partial charge in [-0.1, -0.05) is 72.6 Å². The van der Waals surface area contributed by atoms with E-state index in [4.69, 9.17) is 28.9 Å². The fraction of sp³-hybridized carbons (Fsp3) is 0.444. The van der Waals surface area contributed by atoms with E-state index in [0.717, 1.165) is 48.7 Å². The lowest BCUT2D eigenvalue weighted by Gasteiger charge is -2.59. The number of nitrogens with zero attached hydrogens (tertiary/aromatic N) is 2. The quantitative estimate of drug-likeness (QED) is 0.0536. The number of fused-ring (bicyclic) bond motifs is 2. The predicted octanol–water partition coefficient (Wildman–Crippen LogP) is 8.21. The summed E-state index contributed by atoms with van der Waals surface area (Å²) in [6.45, 7) is 6.54. The van der Waals surface area contributed by atoms with Crippen LogP contribution in [-0.4, -0.2) is 78.5 Å². The van der Waals surface area contributed by atoms with Crippen molar-refractivity contribution in [1.29, 1.82) is 0 Å². The maximum Gasteiger partial charge on any atom is 0.409 e. The number of carbonyl (C=O) groups excluding carboxylic acids is 2. The number of unbranched alkanes of at least 4 members (excludes halogenated alkanes) is 2. The van der Waals surface area contributed by atoms with Gasteiger partial charge in [0.05, 0.1) is 24.8 Å². The molecule has 6 rings (SSSR count). The van der Waals surface area contributed by atoms with Crippen molar-refractivity contribution in [3.05, 3.63) is 114 Å². The Morgan fingerprint density at radius 2 is 1.77 bits per heavy atom. The third-order valence-electron chi connectivity index (χ3n) is 11.1. The van der Waals surface area contributed by atoms with Crippen LogP contribution in [0.3, 0.4) is 0 Å². The van der Waals surface area contributed by atoms with Crippen LogP contribution in [0, 0.1) is 17.8 Å². The Labute approximate surface area is 329 Å². The SMILES string of the molecule is C=CCO[C@@]12Oc3ccc(Oc4cccc(C=O)c4)cc3[C@H]3[C@H](CCCCO)[C@@H](CCCCO)C=C(C(=NOCc4ccccc4)C[C@@H]1N(C)C(=O)OCC)[C@H]32. The Morgan fingerprint density at radius 1 is 1.00 bits per heavy atom. The van der Waals surface area contributed by atoms with E-state index in [0.29, 0.717) is 41.4 Å². The number of rotatable bonds is 19. The lowest BCUT2D eigenvalue weighted by molar-refractivity contribution is -0.253. The second-order valence-electron chi connectivity index (χ2n) is 14.6. The fourth-order valence-electron chi connectivity index (χ4n) is 8.69. The van der Waals surface area contributed by atoms with Crippen LogP contribution < -0.4 is 9.47 Å². The van der Waals surface area contributed by atoms with Gasteiger partial charge in [0.15, 0.2) is 0 Å². The van der Waals surface area contributed by atoms with Gasteiger partial charge in [-0.25, -0.2) is 4.79 Å². The van der Waals surface area contributed by atoms with Crippen LogP contribution in [0.1, 0.15) is 79.3 Å². The van der Waals surface area contributed by atoms with Crippen molar-refractivity contribution in [2.24, 2.45) is 22.9 Å². The molecule has 0 bridgehead atoms. The number of amides is 1. The summed E-state index contributed by atoms with van der Waals surface area (Å²) in [5.74, 6) is -0.233. The number of hydrogen-bond acceptors (Lipinski definition) is 10. The molecule has 2 aliphatic carbocycles. The highest BCUT2D eigenvalue weighted by Crippen LogP contribution is 2.62. The molecule has 11 nitrogen and oxygen atoms in total. The molecule has 1 saturated carbocycles. The van der Waals surface area contributed by atoms with Crippen LogP contribution in [0.25, 0.3) is 0 Å². The molecule has 1 amide bonds. The summed E-state index contributed by atoms with van der Waals surface area (Å²) in [4.78, 5) is 32.9. The summed E-state index contributed by atoms with van der Waals surface area (Å²) < 4.78 is 26.0. The third kappa shape index (κ3) is 8.85. The lowest BCUT2D eigenvalue weighted by atomic mass is 9.55. The van der Waals surface area contributed by atoms with Crippen LogP contribution in [0.2, 0.25) is 0 Å². The topological polar surface area (TPSA) is 136 Å². The number of carbonyl (C=O) groups is 2. The monoisotopic (exact) mass is 766 g/mol. The summed E-state index contributed by atoms with van der Waals surface area (Å²) in [6, 6.07) is 21.9. The van der Waals surface area contributed by atoms with Gasteiger partial charge in [0.1, 0.15) is 36.2 Å². The highest BCUT2D eigenvalue weighted by molar-refractivity contribution is 6.03. The normalized spacial score (nSPS) is 24.2. The van der Waals surface area contributed by atoms with Gasteiger partial charge < -0.3 is 38.9 Å². The van der Waals surface area contributed by atoms with E-state index in [2.05, 4.69) is 12.7 Å². The van der Waals surface area contributed by atoms with Crippen molar-refractivity contribution < 1.29 is 43.6 Å². The van der Waals surface area contributed by atoms with Gasteiger partial charge >= 0.3 is 6.09 Å². The number of aldehydes is 1. The largest absolute Gasteiger partial charge is 0.459 e. The molecule has 1 aliphatic heterocycles. The zero-order valence-corrected chi connectivity index (χ0v) is 32.4. The molecule has 3 aromatic rings. The van der Waals surface area contributed by atoms with E-state index in [1.165, 1.54) is 0 Å². The number of aliphatic hydroxyl groups excluding tert-OH is 2. The minimum absolute atomic E-state index is 0.0510. The van der Waals surface area contributed by atoms with E-state index < -0.39 is 23.8 Å². The fourth-order valence-corrected chi connectivity index (χ4v) is 8.69. The van der Waals surface area contributed by atoms with E-state index in [1.807, 2.05) is 54.6 Å². The minimum Gasteiger partial charge on any atom is -0.459 e. The van der Waals surface area contributed by atoms with Gasteiger partial charge in [-0.3, -0.25) is 4.79 Å². The summed E-state index contributed by atoms with van der Waals surface area (Å²) in [6.07, 6.45) is 9.09.